The van der Waals surface area contributed by atoms with Gasteiger partial charge in [-0.1, -0.05) is 0 Å². The van der Waals surface area contributed by atoms with E-state index >= 15 is 0 Å². The highest BCUT2D eigenvalue weighted by Gasteiger charge is 2.43. The molecule has 0 aliphatic carbocycles. The van der Waals surface area contributed by atoms with Gasteiger partial charge >= 0.3 is 12.4 Å². The van der Waals surface area contributed by atoms with E-state index in [2.05, 4.69) is 10.4 Å². The number of hydrazone groups is 1. The number of halogens is 6. The molecule has 1 saturated heterocycles. The Labute approximate surface area is 197 Å². The lowest BCUT2D eigenvalue weighted by Gasteiger charge is -2.34. The summed E-state index contributed by atoms with van der Waals surface area (Å²) in [6, 6.07) is -0.0793. The van der Waals surface area contributed by atoms with Gasteiger partial charge in [-0.25, -0.2) is 18.0 Å². The van der Waals surface area contributed by atoms with Crippen molar-refractivity contribution in [1.82, 2.24) is 20.1 Å². The quantitative estimate of drug-likeness (QED) is 0.375. The number of amidine groups is 1. The number of benzene rings is 1. The van der Waals surface area contributed by atoms with E-state index in [0.717, 1.165) is 0 Å². The molecule has 1 atom stereocenters. The Kier molecular flexibility index (Phi) is 7.41. The molecule has 2 aliphatic heterocycles. The largest absolute Gasteiger partial charge is 0.502 e. The fourth-order valence-corrected chi connectivity index (χ4v) is 3.62. The first-order chi connectivity index (χ1) is 16.1. The summed E-state index contributed by atoms with van der Waals surface area (Å²) in [7, 11) is 0. The maximum Gasteiger partial charge on any atom is 0.502 e. The zero-order chi connectivity index (χ0) is 26.1. The summed E-state index contributed by atoms with van der Waals surface area (Å²) in [5.41, 5.74) is -1.16. The van der Waals surface area contributed by atoms with Crippen LogP contribution in [0.3, 0.4) is 0 Å². The van der Waals surface area contributed by atoms with E-state index in [1.807, 2.05) is 0 Å². The molecule has 14 heteroatoms. The summed E-state index contributed by atoms with van der Waals surface area (Å²) in [6.45, 7) is 4.36. The van der Waals surface area contributed by atoms with E-state index in [0.29, 0.717) is 12.1 Å². The van der Waals surface area contributed by atoms with Crippen LogP contribution in [0.4, 0.5) is 31.1 Å². The maximum atomic E-state index is 14.2. The highest BCUT2D eigenvalue weighted by Crippen LogP contribution is 2.27. The van der Waals surface area contributed by atoms with E-state index in [1.165, 1.54) is 9.80 Å². The summed E-state index contributed by atoms with van der Waals surface area (Å²) in [6.07, 6.45) is -6.33. The second-order valence-corrected chi connectivity index (χ2v) is 9.21. The Bertz CT molecular complexity index is 1010. The van der Waals surface area contributed by atoms with Gasteiger partial charge in [-0.2, -0.15) is 10.1 Å². The molecule has 0 radical (unpaired) electrons. The number of alkyl carbamates (subject to hydrolysis) is 1. The van der Waals surface area contributed by atoms with Gasteiger partial charge in [0.25, 0.3) is 0 Å². The van der Waals surface area contributed by atoms with E-state index in [4.69, 9.17) is 4.74 Å². The maximum absolute atomic E-state index is 14.2. The Balaban J connectivity index is 1.73. The summed E-state index contributed by atoms with van der Waals surface area (Å²) in [5.74, 6) is -4.24. The van der Waals surface area contributed by atoms with Crippen molar-refractivity contribution in [3.05, 3.63) is 35.1 Å². The normalized spacial score (nSPS) is 17.2. The first-order valence-corrected chi connectivity index (χ1v) is 10.7. The molecule has 2 amide bonds. The smallest absolute Gasteiger partial charge is 0.444 e. The standard InChI is InChI=1S/C21H25F6N5O3/c1-20(2,3)35-19(34)28-13(6-12-7-15(23)16(24)9-14(12)22)8-18(33)30-4-5-31-11-32(21(25,26)27)29-17(31)10-30/h7,9,13H,4-6,8,10-11H2,1-3H3,(H,28,34)/t13-/m1/s1. The van der Waals surface area contributed by atoms with Gasteiger partial charge in [-0.15, -0.1) is 13.2 Å². The monoisotopic (exact) mass is 509 g/mol. The van der Waals surface area contributed by atoms with Gasteiger partial charge in [-0.3, -0.25) is 4.79 Å². The predicted octanol–water partition coefficient (Wildman–Crippen LogP) is 3.18. The van der Waals surface area contributed by atoms with Crippen molar-refractivity contribution < 1.29 is 40.7 Å². The number of carbonyl (C=O) groups is 2. The van der Waals surface area contributed by atoms with Crippen LogP contribution in [0.2, 0.25) is 0 Å². The van der Waals surface area contributed by atoms with Crippen LogP contribution in [-0.4, -0.2) is 76.9 Å². The number of alkyl halides is 3. The van der Waals surface area contributed by atoms with Gasteiger partial charge in [0.05, 0.1) is 6.54 Å². The van der Waals surface area contributed by atoms with Crippen LogP contribution in [0.1, 0.15) is 32.8 Å². The fourth-order valence-electron chi connectivity index (χ4n) is 3.62. The lowest BCUT2D eigenvalue weighted by Crippen LogP contribution is -2.52. The zero-order valence-corrected chi connectivity index (χ0v) is 19.3. The summed E-state index contributed by atoms with van der Waals surface area (Å²) in [4.78, 5) is 27.9. The van der Waals surface area contributed by atoms with E-state index in [-0.39, 0.29) is 42.5 Å². The number of hydrogen-bond acceptors (Lipinski definition) is 6. The lowest BCUT2D eigenvalue weighted by atomic mass is 10.0. The van der Waals surface area contributed by atoms with Crippen molar-refractivity contribution in [3.63, 3.8) is 0 Å². The molecule has 8 nitrogen and oxygen atoms in total. The molecule has 194 valence electrons. The lowest BCUT2D eigenvalue weighted by molar-refractivity contribution is -0.247. The third-order valence-electron chi connectivity index (χ3n) is 5.22. The van der Waals surface area contributed by atoms with Crippen LogP contribution >= 0.6 is 0 Å². The van der Waals surface area contributed by atoms with Gasteiger partial charge in [0.15, 0.2) is 11.6 Å². The highest BCUT2D eigenvalue weighted by molar-refractivity contribution is 5.90. The first kappa shape index (κ1) is 26.4. The number of nitrogens with zero attached hydrogens (tertiary/aromatic N) is 4. The topological polar surface area (TPSA) is 77.5 Å². The molecule has 1 fully saturated rings. The average Bonchev–Trinajstić information content (AvgIpc) is 3.14. The van der Waals surface area contributed by atoms with Crippen molar-refractivity contribution in [2.45, 2.75) is 51.6 Å². The number of amides is 2. The van der Waals surface area contributed by atoms with Gasteiger partial charge in [0, 0.05) is 31.6 Å². The molecule has 2 aliphatic rings. The Morgan fingerprint density at radius 1 is 1.09 bits per heavy atom. The van der Waals surface area contributed by atoms with Crippen molar-refractivity contribution in [1.29, 1.82) is 0 Å². The van der Waals surface area contributed by atoms with Gasteiger partial charge in [0.2, 0.25) is 5.91 Å². The molecular formula is C21H25F6N5O3. The van der Waals surface area contributed by atoms with E-state index in [9.17, 15) is 35.9 Å². The number of ether oxygens (including phenoxy) is 1. The molecule has 0 spiro atoms. The van der Waals surface area contributed by atoms with Gasteiger partial charge in [-0.05, 0) is 38.8 Å². The number of carbonyl (C=O) groups excluding carboxylic acids is 2. The zero-order valence-electron chi connectivity index (χ0n) is 19.3. The Hall–Kier alpha value is -3.19. The van der Waals surface area contributed by atoms with Crippen LogP contribution in [0.15, 0.2) is 17.2 Å². The second kappa shape index (κ2) is 9.82. The minimum absolute atomic E-state index is 0.0327. The third-order valence-corrected chi connectivity index (χ3v) is 5.22. The average molecular weight is 509 g/mol. The first-order valence-electron chi connectivity index (χ1n) is 10.7. The van der Waals surface area contributed by atoms with E-state index < -0.39 is 60.5 Å². The molecule has 3 rings (SSSR count). The van der Waals surface area contributed by atoms with E-state index in [1.54, 1.807) is 20.8 Å². The minimum Gasteiger partial charge on any atom is -0.444 e. The summed E-state index contributed by atoms with van der Waals surface area (Å²) in [5, 5.41) is 5.92. The van der Waals surface area contributed by atoms with Gasteiger partial charge < -0.3 is 19.9 Å². The third kappa shape index (κ3) is 6.92. The predicted molar refractivity (Wildman–Crippen MR) is 111 cm³/mol. The number of rotatable bonds is 5. The fraction of sp³-hybridized carbons (Fsp3) is 0.571. The van der Waals surface area contributed by atoms with Crippen LogP contribution in [0.5, 0.6) is 0 Å². The van der Waals surface area contributed by atoms with Crippen molar-refractivity contribution >= 4 is 17.8 Å². The molecule has 0 bridgehead atoms. The van der Waals surface area contributed by atoms with Crippen molar-refractivity contribution in [3.8, 4) is 0 Å². The Morgan fingerprint density at radius 3 is 2.37 bits per heavy atom. The minimum atomic E-state index is -4.66. The van der Waals surface area contributed by atoms with Crippen molar-refractivity contribution in [2.24, 2.45) is 5.10 Å². The summed E-state index contributed by atoms with van der Waals surface area (Å²) >= 11 is 0. The molecule has 1 aromatic carbocycles. The molecular weight excluding hydrogens is 484 g/mol. The number of nitrogens with one attached hydrogen (secondary N) is 1. The Morgan fingerprint density at radius 2 is 1.74 bits per heavy atom. The SMILES string of the molecule is CC(C)(C)OC(=O)N[C@@H](CC(=O)N1CCN2CN(C(F)(F)F)N=C2C1)Cc1cc(F)c(F)cc1F. The molecule has 0 saturated carbocycles. The number of piperazine rings is 1. The molecule has 2 heterocycles. The van der Waals surface area contributed by atoms with Crippen LogP contribution in [0, 0.1) is 17.5 Å². The van der Waals surface area contributed by atoms with Crippen LogP contribution < -0.4 is 5.32 Å². The second-order valence-electron chi connectivity index (χ2n) is 9.21. The number of fused-ring (bicyclic) bond motifs is 1. The van der Waals surface area contributed by atoms with Gasteiger partial charge in [0.1, 0.15) is 23.9 Å². The summed E-state index contributed by atoms with van der Waals surface area (Å²) < 4.78 is 85.1. The van der Waals surface area contributed by atoms with Crippen molar-refractivity contribution in [2.75, 3.05) is 26.3 Å². The molecule has 0 unspecified atom stereocenters. The number of hydrogen-bond donors (Lipinski definition) is 1. The van der Waals surface area contributed by atoms with Crippen LogP contribution in [0.25, 0.3) is 0 Å². The molecule has 35 heavy (non-hydrogen) atoms. The molecule has 1 aromatic rings. The molecule has 0 aromatic heterocycles. The highest BCUT2D eigenvalue weighted by atomic mass is 19.4. The van der Waals surface area contributed by atoms with Crippen LogP contribution in [-0.2, 0) is 16.0 Å². The molecule has 1 N–H and O–H groups in total.